The highest BCUT2D eigenvalue weighted by Gasteiger charge is 2.49. The zero-order chi connectivity index (χ0) is 22.7. The second-order valence-electron chi connectivity index (χ2n) is 8.50. The maximum absolute atomic E-state index is 6.78. The van der Waals surface area contributed by atoms with Crippen molar-refractivity contribution < 1.29 is 9.47 Å². The van der Waals surface area contributed by atoms with Crippen molar-refractivity contribution in [2.45, 2.75) is 31.3 Å². The molecule has 0 radical (unpaired) electrons. The topological polar surface area (TPSA) is 18.5 Å². The summed E-state index contributed by atoms with van der Waals surface area (Å²) in [6.07, 6.45) is 0. The number of hydrogen-bond acceptors (Lipinski definition) is 2. The Morgan fingerprint density at radius 1 is 0.455 bits per heavy atom. The van der Waals surface area contributed by atoms with Crippen LogP contribution < -0.4 is 21.2 Å². The molecule has 1 saturated heterocycles. The van der Waals surface area contributed by atoms with Crippen molar-refractivity contribution in [3.05, 3.63) is 121 Å². The fraction of sp³-hybridized carbons (Fsp3) is 0.172. The lowest BCUT2D eigenvalue weighted by Crippen LogP contribution is -2.33. The van der Waals surface area contributed by atoms with E-state index >= 15 is 0 Å². The van der Waals surface area contributed by atoms with E-state index in [0.717, 1.165) is 0 Å². The third-order valence-corrected chi connectivity index (χ3v) is 11.1. The van der Waals surface area contributed by atoms with Crippen LogP contribution in [0.25, 0.3) is 0 Å². The molecule has 0 aliphatic carbocycles. The van der Waals surface area contributed by atoms with Crippen LogP contribution >= 0.6 is 15.8 Å². The van der Waals surface area contributed by atoms with Crippen molar-refractivity contribution in [1.29, 1.82) is 0 Å². The van der Waals surface area contributed by atoms with E-state index in [2.05, 4.69) is 121 Å². The summed E-state index contributed by atoms with van der Waals surface area (Å²) in [7, 11) is -1.59. The highest BCUT2D eigenvalue weighted by Crippen LogP contribution is 2.57. The van der Waals surface area contributed by atoms with Gasteiger partial charge in [0.25, 0.3) is 0 Å². The Morgan fingerprint density at radius 3 is 0.939 bits per heavy atom. The summed E-state index contributed by atoms with van der Waals surface area (Å²) in [6, 6.07) is 43.2. The first-order chi connectivity index (χ1) is 16.1. The zero-order valence-corrected chi connectivity index (χ0v) is 20.7. The molecule has 0 bridgehead atoms. The third-order valence-electron chi connectivity index (χ3n) is 5.70. The van der Waals surface area contributed by atoms with Gasteiger partial charge in [0.05, 0.1) is 0 Å². The summed E-state index contributed by atoms with van der Waals surface area (Å²) in [5.74, 6) is -0.776. The van der Waals surface area contributed by atoms with Crippen LogP contribution in [0.1, 0.15) is 13.8 Å². The van der Waals surface area contributed by atoms with Crippen molar-refractivity contribution in [1.82, 2.24) is 0 Å². The maximum atomic E-state index is 6.78. The molecule has 0 saturated carbocycles. The number of benzene rings is 4. The molecule has 2 atom stereocenters. The molecular formula is C29H28O2P2. The van der Waals surface area contributed by atoms with Gasteiger partial charge in [0.1, 0.15) is 11.7 Å². The molecule has 0 N–H and O–H groups in total. The molecule has 0 unspecified atom stereocenters. The minimum atomic E-state index is -0.794. The van der Waals surface area contributed by atoms with Gasteiger partial charge < -0.3 is 9.47 Å². The Morgan fingerprint density at radius 2 is 0.697 bits per heavy atom. The predicted molar refractivity (Wildman–Crippen MR) is 142 cm³/mol. The van der Waals surface area contributed by atoms with Crippen LogP contribution in [-0.4, -0.2) is 17.5 Å². The standard InChI is InChI=1S/C29H28O2P2/c1-29(2)30-27(32(23-15-7-3-8-16-23)24-17-9-4-10-18-24)28(31-29)33(25-19-11-5-12-20-25)26-21-13-6-14-22-26/h3-22,27-28H,1-2H3/t27-,28-/m0/s1. The van der Waals surface area contributed by atoms with E-state index in [1.807, 2.05) is 13.8 Å². The number of ether oxygens (including phenoxy) is 2. The van der Waals surface area contributed by atoms with Crippen LogP contribution in [-0.2, 0) is 9.47 Å². The van der Waals surface area contributed by atoms with Crippen LogP contribution in [0.4, 0.5) is 0 Å². The van der Waals surface area contributed by atoms with Crippen molar-refractivity contribution in [2.75, 3.05) is 0 Å². The SMILES string of the molecule is CC1(C)O[C@@H](P(c2ccccc2)c2ccccc2)[C@H](P(c2ccccc2)c2ccccc2)O1. The first-order valence-electron chi connectivity index (χ1n) is 11.3. The average molecular weight is 470 g/mol. The lowest BCUT2D eigenvalue weighted by atomic mass is 10.4. The largest absolute Gasteiger partial charge is 0.339 e. The summed E-state index contributed by atoms with van der Waals surface area (Å²) in [5, 5.41) is 5.24. The first kappa shape index (κ1) is 22.5. The van der Waals surface area contributed by atoms with Crippen molar-refractivity contribution >= 4 is 37.1 Å². The highest BCUT2D eigenvalue weighted by atomic mass is 31.1. The maximum Gasteiger partial charge on any atom is 0.164 e. The molecule has 1 aliphatic rings. The number of rotatable bonds is 6. The molecule has 33 heavy (non-hydrogen) atoms. The highest BCUT2D eigenvalue weighted by molar-refractivity contribution is 7.77. The van der Waals surface area contributed by atoms with Crippen LogP contribution in [0.3, 0.4) is 0 Å². The molecule has 166 valence electrons. The molecule has 4 heteroatoms. The van der Waals surface area contributed by atoms with Gasteiger partial charge in [0, 0.05) is 0 Å². The zero-order valence-electron chi connectivity index (χ0n) is 18.9. The van der Waals surface area contributed by atoms with E-state index < -0.39 is 21.6 Å². The summed E-state index contributed by atoms with van der Waals surface area (Å²) >= 11 is 0. The molecule has 0 spiro atoms. The van der Waals surface area contributed by atoms with E-state index in [1.165, 1.54) is 21.2 Å². The Balaban J connectivity index is 1.66. The van der Waals surface area contributed by atoms with Gasteiger partial charge in [0.15, 0.2) is 5.79 Å². The third kappa shape index (κ3) is 4.96. The van der Waals surface area contributed by atoms with Crippen LogP contribution in [0.5, 0.6) is 0 Å². The van der Waals surface area contributed by atoms with Gasteiger partial charge in [-0.2, -0.15) is 0 Å². The van der Waals surface area contributed by atoms with E-state index in [0.29, 0.717) is 0 Å². The normalized spacial score (nSPS) is 19.8. The van der Waals surface area contributed by atoms with Gasteiger partial charge in [0.2, 0.25) is 0 Å². The van der Waals surface area contributed by atoms with Gasteiger partial charge >= 0.3 is 0 Å². The second-order valence-corrected chi connectivity index (χ2v) is 13.1. The predicted octanol–water partition coefficient (Wildman–Crippen LogP) is 5.69. The summed E-state index contributed by atoms with van der Waals surface area (Å²) in [6.45, 7) is 4.10. The Hall–Kier alpha value is -2.34. The van der Waals surface area contributed by atoms with Crippen LogP contribution in [0.15, 0.2) is 121 Å². The average Bonchev–Trinajstić information content (AvgIpc) is 3.16. The number of hydrogen-bond donors (Lipinski definition) is 0. The smallest absolute Gasteiger partial charge is 0.164 e. The molecule has 4 aromatic carbocycles. The van der Waals surface area contributed by atoms with E-state index in [9.17, 15) is 0 Å². The van der Waals surface area contributed by atoms with E-state index in [-0.39, 0.29) is 11.7 Å². The summed E-state index contributed by atoms with van der Waals surface area (Å²) < 4.78 is 13.6. The van der Waals surface area contributed by atoms with Crippen molar-refractivity contribution in [2.24, 2.45) is 0 Å². The lowest BCUT2D eigenvalue weighted by molar-refractivity contribution is -0.133. The molecule has 2 nitrogen and oxygen atoms in total. The summed E-state index contributed by atoms with van der Waals surface area (Å²) in [5.41, 5.74) is 0. The van der Waals surface area contributed by atoms with Crippen LogP contribution in [0.2, 0.25) is 0 Å². The second kappa shape index (κ2) is 9.88. The minimum absolute atomic E-state index is 0.0636. The van der Waals surface area contributed by atoms with Gasteiger partial charge in [-0.05, 0) is 50.9 Å². The molecule has 5 rings (SSSR count). The Bertz CT molecular complexity index is 979. The monoisotopic (exact) mass is 470 g/mol. The molecule has 1 aliphatic heterocycles. The molecule has 1 fully saturated rings. The fourth-order valence-electron chi connectivity index (χ4n) is 4.33. The van der Waals surface area contributed by atoms with Crippen LogP contribution in [0, 0.1) is 0 Å². The molecule has 1 heterocycles. The lowest BCUT2D eigenvalue weighted by Gasteiger charge is -2.32. The van der Waals surface area contributed by atoms with Gasteiger partial charge in [-0.1, -0.05) is 121 Å². The fourth-order valence-corrected chi connectivity index (χ4v) is 10.2. The van der Waals surface area contributed by atoms with E-state index in [4.69, 9.17) is 9.47 Å². The van der Waals surface area contributed by atoms with Gasteiger partial charge in [-0.25, -0.2) is 0 Å². The summed E-state index contributed by atoms with van der Waals surface area (Å²) in [4.78, 5) is 0. The van der Waals surface area contributed by atoms with Crippen molar-refractivity contribution in [3.63, 3.8) is 0 Å². The van der Waals surface area contributed by atoms with E-state index in [1.54, 1.807) is 0 Å². The van der Waals surface area contributed by atoms with Gasteiger partial charge in [-0.3, -0.25) is 0 Å². The van der Waals surface area contributed by atoms with Gasteiger partial charge in [-0.15, -0.1) is 0 Å². The quantitative estimate of drug-likeness (QED) is 0.337. The van der Waals surface area contributed by atoms with Crippen molar-refractivity contribution in [3.8, 4) is 0 Å². The molecular weight excluding hydrogens is 442 g/mol. The minimum Gasteiger partial charge on any atom is -0.339 e. The first-order valence-corrected chi connectivity index (χ1v) is 14.1. The molecule has 0 aromatic heterocycles. The Kier molecular flexibility index (Phi) is 6.72. The Labute approximate surface area is 199 Å². The molecule has 0 amide bonds. The molecule has 4 aromatic rings.